The van der Waals surface area contributed by atoms with Gasteiger partial charge in [0.15, 0.2) is 0 Å². The van der Waals surface area contributed by atoms with Gasteiger partial charge in [-0.3, -0.25) is 9.69 Å². The molecule has 1 aliphatic heterocycles. The van der Waals surface area contributed by atoms with E-state index in [1.807, 2.05) is 0 Å². The fraction of sp³-hybridized carbons (Fsp3) is 0.650. The summed E-state index contributed by atoms with van der Waals surface area (Å²) in [5.41, 5.74) is 13.7. The van der Waals surface area contributed by atoms with Crippen molar-refractivity contribution in [3.05, 3.63) is 35.4 Å². The Morgan fingerprint density at radius 3 is 2.84 bits per heavy atom. The summed E-state index contributed by atoms with van der Waals surface area (Å²) in [6.45, 7) is 2.31. The maximum Gasteiger partial charge on any atom is 0.324 e. The van der Waals surface area contributed by atoms with Crippen LogP contribution in [0.1, 0.15) is 55.7 Å². The highest BCUT2D eigenvalue weighted by Gasteiger charge is 2.46. The summed E-state index contributed by atoms with van der Waals surface area (Å²) in [6.07, 6.45) is 6.50. The molecule has 0 saturated carbocycles. The minimum absolute atomic E-state index is 0.0110. The Balaban J connectivity index is 1.71. The number of aliphatic carboxylic acids is 1. The van der Waals surface area contributed by atoms with Crippen LogP contribution in [0.3, 0.4) is 0 Å². The van der Waals surface area contributed by atoms with Gasteiger partial charge in [-0.2, -0.15) is 0 Å². The average Bonchev–Trinajstić information content (AvgIpc) is 3.11. The normalized spacial score (nSPS) is 26.2. The van der Waals surface area contributed by atoms with Gasteiger partial charge in [-0.05, 0) is 69.2 Å². The van der Waals surface area contributed by atoms with Gasteiger partial charge in [0, 0.05) is 18.5 Å². The van der Waals surface area contributed by atoms with Crippen molar-refractivity contribution in [2.24, 2.45) is 17.4 Å². The van der Waals surface area contributed by atoms with Crippen LogP contribution in [0.4, 0.5) is 0 Å². The molecule has 1 aliphatic carbocycles. The van der Waals surface area contributed by atoms with Gasteiger partial charge in [0.05, 0.1) is 0 Å². The molecular weight excluding hydrogens is 314 g/mol. The maximum atomic E-state index is 11.9. The summed E-state index contributed by atoms with van der Waals surface area (Å²) >= 11 is 0. The minimum Gasteiger partial charge on any atom is -0.480 e. The number of fused-ring (bicyclic) bond motifs is 1. The number of nitrogens with zero attached hydrogens (tertiary/aromatic N) is 1. The summed E-state index contributed by atoms with van der Waals surface area (Å²) in [4.78, 5) is 14.4. The van der Waals surface area contributed by atoms with Gasteiger partial charge in [-0.1, -0.05) is 24.3 Å². The number of carboxylic acids is 1. The van der Waals surface area contributed by atoms with Crippen molar-refractivity contribution in [3.63, 3.8) is 0 Å². The first-order valence-corrected chi connectivity index (χ1v) is 9.60. The predicted octanol–water partition coefficient (Wildman–Crippen LogP) is 2.30. The van der Waals surface area contributed by atoms with E-state index in [-0.39, 0.29) is 5.92 Å². The molecule has 1 heterocycles. The van der Waals surface area contributed by atoms with Crippen LogP contribution in [-0.2, 0) is 11.2 Å². The third-order valence-corrected chi connectivity index (χ3v) is 6.17. The van der Waals surface area contributed by atoms with E-state index >= 15 is 0 Å². The van der Waals surface area contributed by atoms with Crippen molar-refractivity contribution in [1.82, 2.24) is 4.90 Å². The molecule has 1 aromatic carbocycles. The maximum absolute atomic E-state index is 11.9. The summed E-state index contributed by atoms with van der Waals surface area (Å²) in [7, 11) is 0. The zero-order valence-electron chi connectivity index (χ0n) is 15.0. The number of hydrogen-bond donors (Lipinski definition) is 3. The van der Waals surface area contributed by atoms with Crippen LogP contribution in [0.15, 0.2) is 24.3 Å². The third-order valence-electron chi connectivity index (χ3n) is 6.17. The second kappa shape index (κ2) is 7.85. The lowest BCUT2D eigenvalue weighted by Crippen LogP contribution is -2.55. The van der Waals surface area contributed by atoms with E-state index in [0.717, 1.165) is 45.2 Å². The van der Waals surface area contributed by atoms with Gasteiger partial charge in [-0.15, -0.1) is 0 Å². The van der Waals surface area contributed by atoms with E-state index in [2.05, 4.69) is 29.2 Å². The number of carboxylic acid groups (broad SMARTS) is 1. The van der Waals surface area contributed by atoms with Crippen LogP contribution >= 0.6 is 0 Å². The van der Waals surface area contributed by atoms with Crippen LogP contribution in [0.5, 0.6) is 0 Å². The van der Waals surface area contributed by atoms with Crippen LogP contribution in [0, 0.1) is 5.92 Å². The Bertz CT molecular complexity index is 606. The molecule has 0 radical (unpaired) electrons. The zero-order valence-corrected chi connectivity index (χ0v) is 15.0. The molecule has 0 aromatic heterocycles. The molecule has 138 valence electrons. The van der Waals surface area contributed by atoms with Gasteiger partial charge in [-0.25, -0.2) is 0 Å². The summed E-state index contributed by atoms with van der Waals surface area (Å²) in [5.74, 6) is -0.850. The van der Waals surface area contributed by atoms with Gasteiger partial charge >= 0.3 is 5.97 Å². The SMILES string of the molecule is NCCCCC(N)(C(=O)O)C1CCN(C2CCCc3ccccc32)C1. The van der Waals surface area contributed by atoms with Crippen LogP contribution < -0.4 is 11.5 Å². The Morgan fingerprint density at radius 1 is 1.28 bits per heavy atom. The third kappa shape index (κ3) is 3.73. The van der Waals surface area contributed by atoms with Gasteiger partial charge in [0.1, 0.15) is 5.54 Å². The number of nitrogens with two attached hydrogens (primary N) is 2. The predicted molar refractivity (Wildman–Crippen MR) is 99.3 cm³/mol. The number of carbonyl (C=O) groups is 1. The number of unbranched alkanes of at least 4 members (excludes halogenated alkanes) is 1. The minimum atomic E-state index is -1.13. The summed E-state index contributed by atoms with van der Waals surface area (Å²) in [5, 5.41) is 9.77. The number of likely N-dealkylation sites (tertiary alicyclic amines) is 1. The second-order valence-electron chi connectivity index (χ2n) is 7.68. The van der Waals surface area contributed by atoms with Crippen molar-refractivity contribution in [2.45, 2.75) is 56.5 Å². The van der Waals surface area contributed by atoms with E-state index < -0.39 is 11.5 Å². The smallest absolute Gasteiger partial charge is 0.324 e. The van der Waals surface area contributed by atoms with Crippen LogP contribution in [0.2, 0.25) is 0 Å². The first kappa shape index (κ1) is 18.4. The summed E-state index contributed by atoms with van der Waals surface area (Å²) in [6, 6.07) is 9.10. The first-order chi connectivity index (χ1) is 12.1. The van der Waals surface area contributed by atoms with Gasteiger partial charge in [0.25, 0.3) is 0 Å². The lowest BCUT2D eigenvalue weighted by atomic mass is 9.80. The molecule has 5 N–H and O–H groups in total. The van der Waals surface area contributed by atoms with Crippen LogP contribution in [-0.4, -0.2) is 41.1 Å². The lowest BCUT2D eigenvalue weighted by molar-refractivity contribution is -0.146. The molecule has 3 atom stereocenters. The second-order valence-corrected chi connectivity index (χ2v) is 7.68. The molecule has 0 spiro atoms. The van der Waals surface area contributed by atoms with Gasteiger partial charge in [0.2, 0.25) is 0 Å². The Hall–Kier alpha value is -1.43. The fourth-order valence-electron chi connectivity index (χ4n) is 4.65. The molecular formula is C20H31N3O2. The van der Waals surface area contributed by atoms with Crippen molar-refractivity contribution < 1.29 is 9.90 Å². The number of benzene rings is 1. The highest BCUT2D eigenvalue weighted by molar-refractivity contribution is 5.79. The molecule has 5 heteroatoms. The van der Waals surface area contributed by atoms with Crippen molar-refractivity contribution >= 4 is 5.97 Å². The number of hydrogen-bond acceptors (Lipinski definition) is 4. The highest BCUT2D eigenvalue weighted by atomic mass is 16.4. The largest absolute Gasteiger partial charge is 0.480 e. The molecule has 2 aliphatic rings. The average molecular weight is 345 g/mol. The Labute approximate surface area is 150 Å². The zero-order chi connectivity index (χ0) is 17.9. The van der Waals surface area contributed by atoms with Crippen molar-refractivity contribution in [1.29, 1.82) is 0 Å². The molecule has 3 unspecified atom stereocenters. The monoisotopic (exact) mass is 345 g/mol. The molecule has 1 aromatic rings. The molecule has 0 amide bonds. The topological polar surface area (TPSA) is 92.6 Å². The fourth-order valence-corrected chi connectivity index (χ4v) is 4.65. The van der Waals surface area contributed by atoms with Crippen molar-refractivity contribution in [3.8, 4) is 0 Å². The highest BCUT2D eigenvalue weighted by Crippen LogP contribution is 2.39. The Morgan fingerprint density at radius 2 is 2.08 bits per heavy atom. The summed E-state index contributed by atoms with van der Waals surface area (Å²) < 4.78 is 0. The molecule has 25 heavy (non-hydrogen) atoms. The first-order valence-electron chi connectivity index (χ1n) is 9.60. The van der Waals surface area contributed by atoms with E-state index in [1.165, 1.54) is 17.5 Å². The molecule has 1 fully saturated rings. The van der Waals surface area contributed by atoms with Gasteiger partial charge < -0.3 is 16.6 Å². The molecule has 1 saturated heterocycles. The van der Waals surface area contributed by atoms with E-state index in [0.29, 0.717) is 19.0 Å². The quantitative estimate of drug-likeness (QED) is 0.660. The Kier molecular flexibility index (Phi) is 5.77. The molecule has 3 rings (SSSR count). The molecule has 5 nitrogen and oxygen atoms in total. The van der Waals surface area contributed by atoms with Crippen molar-refractivity contribution in [2.75, 3.05) is 19.6 Å². The number of rotatable bonds is 7. The van der Waals surface area contributed by atoms with E-state index in [1.54, 1.807) is 0 Å². The standard InChI is InChI=1S/C20H31N3O2/c21-12-4-3-11-20(22,19(24)25)16-10-13-23(14-16)18-9-5-7-15-6-1-2-8-17(15)18/h1-2,6,8,16,18H,3-5,7,9-14,21-22H2,(H,24,25). The lowest BCUT2D eigenvalue weighted by Gasteiger charge is -2.35. The van der Waals surface area contributed by atoms with E-state index in [9.17, 15) is 9.90 Å². The number of aryl methyl sites for hydroxylation is 1. The van der Waals surface area contributed by atoms with E-state index in [4.69, 9.17) is 11.5 Å². The molecule has 0 bridgehead atoms. The van der Waals surface area contributed by atoms with Crippen LogP contribution in [0.25, 0.3) is 0 Å².